The highest BCUT2D eigenvalue weighted by atomic mass is 16.1. The smallest absolute Gasteiger partial charge is 0.224 e. The number of likely N-dealkylation sites (tertiary alicyclic amines) is 2. The average Bonchev–Trinajstić information content (AvgIpc) is 3.29. The fourth-order valence-electron chi connectivity index (χ4n) is 4.63. The van der Waals surface area contributed by atoms with E-state index >= 15 is 0 Å². The number of aromatic amines is 1. The molecular formula is C22H32N6O. The van der Waals surface area contributed by atoms with E-state index in [1.807, 2.05) is 24.7 Å². The molecule has 0 radical (unpaired) electrons. The van der Waals surface area contributed by atoms with Gasteiger partial charge in [0.25, 0.3) is 0 Å². The topological polar surface area (TPSA) is 77.2 Å². The number of H-pyrrole nitrogens is 1. The lowest BCUT2D eigenvalue weighted by atomic mass is 9.93. The van der Waals surface area contributed by atoms with E-state index in [9.17, 15) is 4.79 Å². The first kappa shape index (κ1) is 20.0. The Morgan fingerprint density at radius 3 is 2.83 bits per heavy atom. The summed E-state index contributed by atoms with van der Waals surface area (Å²) in [6.45, 7) is 5.94. The normalized spacial score (nSPS) is 21.9. The maximum Gasteiger partial charge on any atom is 0.224 e. The lowest BCUT2D eigenvalue weighted by Crippen LogP contribution is -2.50. The Hall–Kier alpha value is -2.25. The molecule has 1 amide bonds. The third kappa shape index (κ3) is 5.64. The molecule has 0 aromatic carbocycles. The minimum absolute atomic E-state index is 0.124. The molecule has 7 nitrogen and oxygen atoms in total. The van der Waals surface area contributed by atoms with Crippen LogP contribution in [-0.2, 0) is 17.8 Å². The SMILES string of the molecule is O=C(NCCc1cnc[nH]1)[C@H]1CCCN(C2CCN(Cc3cccnc3)CC2)C1. The van der Waals surface area contributed by atoms with Crippen LogP contribution in [0.25, 0.3) is 0 Å². The lowest BCUT2D eigenvalue weighted by molar-refractivity contribution is -0.127. The molecule has 29 heavy (non-hydrogen) atoms. The molecule has 0 spiro atoms. The van der Waals surface area contributed by atoms with Crippen LogP contribution in [0.1, 0.15) is 36.9 Å². The second-order valence-corrected chi connectivity index (χ2v) is 8.32. The minimum atomic E-state index is 0.124. The molecule has 156 valence electrons. The van der Waals surface area contributed by atoms with Crippen molar-refractivity contribution in [2.45, 2.75) is 44.7 Å². The van der Waals surface area contributed by atoms with E-state index in [1.165, 1.54) is 18.4 Å². The number of amides is 1. The number of rotatable bonds is 7. The van der Waals surface area contributed by atoms with Gasteiger partial charge in [-0.2, -0.15) is 0 Å². The molecule has 2 N–H and O–H groups in total. The molecule has 4 rings (SSSR count). The number of carbonyl (C=O) groups excluding carboxylic acids is 1. The van der Waals surface area contributed by atoms with Crippen LogP contribution in [0.5, 0.6) is 0 Å². The van der Waals surface area contributed by atoms with E-state index in [1.54, 1.807) is 6.33 Å². The lowest BCUT2D eigenvalue weighted by Gasteiger charge is -2.42. The molecule has 0 bridgehead atoms. The summed E-state index contributed by atoms with van der Waals surface area (Å²) in [7, 11) is 0. The molecule has 2 aliphatic rings. The second-order valence-electron chi connectivity index (χ2n) is 8.32. The van der Waals surface area contributed by atoms with Crippen LogP contribution in [0.4, 0.5) is 0 Å². The number of hydrogen-bond acceptors (Lipinski definition) is 5. The standard InChI is InChI=1S/C22H32N6O/c29-22(25-9-5-20-14-24-17-26-20)19-4-2-10-28(16-19)21-6-11-27(12-7-21)15-18-3-1-8-23-13-18/h1,3,8,13-14,17,19,21H,2,4-7,9-12,15-16H2,(H,24,26)(H,25,29)/t19-/m0/s1. The number of carbonyl (C=O) groups is 1. The number of aromatic nitrogens is 3. The molecule has 2 saturated heterocycles. The zero-order valence-corrected chi connectivity index (χ0v) is 17.1. The van der Waals surface area contributed by atoms with Crippen molar-refractivity contribution in [3.63, 3.8) is 0 Å². The first-order valence-corrected chi connectivity index (χ1v) is 10.9. The summed E-state index contributed by atoms with van der Waals surface area (Å²) in [5, 5.41) is 3.12. The molecule has 2 fully saturated rings. The molecule has 0 saturated carbocycles. The third-order valence-corrected chi connectivity index (χ3v) is 6.27. The van der Waals surface area contributed by atoms with Crippen LogP contribution in [0.3, 0.4) is 0 Å². The van der Waals surface area contributed by atoms with E-state index < -0.39 is 0 Å². The number of nitrogens with zero attached hydrogens (tertiary/aromatic N) is 4. The van der Waals surface area contributed by atoms with E-state index in [2.05, 4.69) is 36.1 Å². The summed E-state index contributed by atoms with van der Waals surface area (Å²) >= 11 is 0. The van der Waals surface area contributed by atoms with Gasteiger partial charge in [-0.15, -0.1) is 0 Å². The molecule has 7 heteroatoms. The molecule has 4 heterocycles. The Kier molecular flexibility index (Phi) is 6.90. The van der Waals surface area contributed by atoms with Crippen molar-refractivity contribution >= 4 is 5.91 Å². The molecule has 2 aliphatic heterocycles. The Morgan fingerprint density at radius 2 is 2.07 bits per heavy atom. The largest absolute Gasteiger partial charge is 0.355 e. The van der Waals surface area contributed by atoms with Gasteiger partial charge in [0.15, 0.2) is 0 Å². The highest BCUT2D eigenvalue weighted by Gasteiger charge is 2.31. The van der Waals surface area contributed by atoms with Crippen LogP contribution in [0.2, 0.25) is 0 Å². The fraction of sp³-hybridized carbons (Fsp3) is 0.591. The summed E-state index contributed by atoms with van der Waals surface area (Å²) in [6, 6.07) is 4.77. The van der Waals surface area contributed by atoms with Crippen molar-refractivity contribution in [3.05, 3.63) is 48.3 Å². The molecular weight excluding hydrogens is 364 g/mol. The van der Waals surface area contributed by atoms with Gasteiger partial charge in [-0.05, 0) is 56.9 Å². The van der Waals surface area contributed by atoms with Crippen molar-refractivity contribution in [1.29, 1.82) is 0 Å². The first-order valence-electron chi connectivity index (χ1n) is 10.9. The molecule has 0 aliphatic carbocycles. The van der Waals surface area contributed by atoms with Gasteiger partial charge in [0.1, 0.15) is 0 Å². The van der Waals surface area contributed by atoms with Gasteiger partial charge in [-0.3, -0.25) is 19.6 Å². The number of imidazole rings is 1. The van der Waals surface area contributed by atoms with E-state index in [4.69, 9.17) is 0 Å². The zero-order chi connectivity index (χ0) is 19.9. The van der Waals surface area contributed by atoms with E-state index in [0.29, 0.717) is 12.6 Å². The maximum atomic E-state index is 12.6. The molecule has 2 aromatic rings. The number of nitrogens with one attached hydrogen (secondary N) is 2. The quantitative estimate of drug-likeness (QED) is 0.747. The van der Waals surface area contributed by atoms with Crippen LogP contribution >= 0.6 is 0 Å². The van der Waals surface area contributed by atoms with Gasteiger partial charge in [0.2, 0.25) is 5.91 Å². The van der Waals surface area contributed by atoms with Crippen molar-refractivity contribution in [2.75, 3.05) is 32.7 Å². The summed E-state index contributed by atoms with van der Waals surface area (Å²) in [6.07, 6.45) is 12.6. The minimum Gasteiger partial charge on any atom is -0.355 e. The Balaban J connectivity index is 1.20. The monoisotopic (exact) mass is 396 g/mol. The van der Waals surface area contributed by atoms with Gasteiger partial charge in [0, 0.05) is 56.4 Å². The summed E-state index contributed by atoms with van der Waals surface area (Å²) in [4.78, 5) is 29.1. The number of pyridine rings is 1. The second kappa shape index (κ2) is 9.98. The van der Waals surface area contributed by atoms with Gasteiger partial charge in [-0.25, -0.2) is 4.98 Å². The van der Waals surface area contributed by atoms with Gasteiger partial charge >= 0.3 is 0 Å². The highest BCUT2D eigenvalue weighted by molar-refractivity contribution is 5.78. The predicted molar refractivity (Wildman–Crippen MR) is 112 cm³/mol. The van der Waals surface area contributed by atoms with Gasteiger partial charge < -0.3 is 10.3 Å². The predicted octanol–water partition coefficient (Wildman–Crippen LogP) is 1.84. The third-order valence-electron chi connectivity index (χ3n) is 6.27. The molecule has 2 aromatic heterocycles. The van der Waals surface area contributed by atoms with Crippen molar-refractivity contribution in [3.8, 4) is 0 Å². The van der Waals surface area contributed by atoms with Crippen molar-refractivity contribution in [2.24, 2.45) is 5.92 Å². The summed E-state index contributed by atoms with van der Waals surface area (Å²) in [5.41, 5.74) is 2.35. The van der Waals surface area contributed by atoms with Crippen LogP contribution in [0, 0.1) is 5.92 Å². The summed E-state index contributed by atoms with van der Waals surface area (Å²) < 4.78 is 0. The average molecular weight is 397 g/mol. The van der Waals surface area contributed by atoms with Crippen LogP contribution < -0.4 is 5.32 Å². The van der Waals surface area contributed by atoms with Gasteiger partial charge in [0.05, 0.1) is 12.2 Å². The first-order chi connectivity index (χ1) is 14.3. The highest BCUT2D eigenvalue weighted by Crippen LogP contribution is 2.24. The van der Waals surface area contributed by atoms with Crippen LogP contribution in [-0.4, -0.2) is 69.4 Å². The maximum absolute atomic E-state index is 12.6. The van der Waals surface area contributed by atoms with E-state index in [-0.39, 0.29) is 11.8 Å². The molecule has 0 unspecified atom stereocenters. The fourth-order valence-corrected chi connectivity index (χ4v) is 4.63. The number of hydrogen-bond donors (Lipinski definition) is 2. The van der Waals surface area contributed by atoms with Crippen molar-refractivity contribution < 1.29 is 4.79 Å². The Labute approximate surface area is 172 Å². The van der Waals surface area contributed by atoms with E-state index in [0.717, 1.165) is 57.7 Å². The zero-order valence-electron chi connectivity index (χ0n) is 17.1. The van der Waals surface area contributed by atoms with Crippen LogP contribution in [0.15, 0.2) is 37.1 Å². The van der Waals surface area contributed by atoms with Crippen molar-refractivity contribution in [1.82, 2.24) is 30.1 Å². The number of piperidine rings is 2. The Bertz CT molecular complexity index is 742. The van der Waals surface area contributed by atoms with Gasteiger partial charge in [-0.1, -0.05) is 6.07 Å². The molecule has 1 atom stereocenters. The Morgan fingerprint density at radius 1 is 1.17 bits per heavy atom. The summed E-state index contributed by atoms with van der Waals surface area (Å²) in [5.74, 6) is 0.335.